The van der Waals surface area contributed by atoms with Crippen molar-refractivity contribution < 1.29 is 9.59 Å². The number of anilines is 2. The Labute approximate surface area is 104 Å². The molecule has 2 rings (SSSR count). The van der Waals surface area contributed by atoms with Crippen LogP contribution >= 0.6 is 0 Å². The molecule has 1 aromatic rings. The van der Waals surface area contributed by atoms with E-state index in [1.54, 1.807) is 6.07 Å². The highest BCUT2D eigenvalue weighted by Gasteiger charge is 2.18. The Morgan fingerprint density at radius 3 is 2.89 bits per heavy atom. The molecule has 5 N–H and O–H groups in total. The van der Waals surface area contributed by atoms with Crippen molar-refractivity contribution in [2.75, 3.05) is 30.3 Å². The van der Waals surface area contributed by atoms with Gasteiger partial charge in [0.1, 0.15) is 5.69 Å². The fraction of sp³-hybridized carbons (Fsp3) is 0.364. The van der Waals surface area contributed by atoms with E-state index in [1.807, 2.05) is 4.90 Å². The third kappa shape index (κ3) is 2.50. The van der Waals surface area contributed by atoms with Crippen LogP contribution in [-0.2, 0) is 4.79 Å². The molecule has 0 bridgehead atoms. The number of rotatable bonds is 2. The quantitative estimate of drug-likeness (QED) is 0.627. The number of nitrogens with one attached hydrogen (secondary N) is 1. The first-order valence-electron chi connectivity index (χ1n) is 5.66. The molecule has 7 heteroatoms. The summed E-state index contributed by atoms with van der Waals surface area (Å²) in [5, 5.41) is 2.76. The maximum atomic E-state index is 11.3. The van der Waals surface area contributed by atoms with Gasteiger partial charge in [0.2, 0.25) is 5.91 Å². The summed E-state index contributed by atoms with van der Waals surface area (Å²) in [4.78, 5) is 28.4. The van der Waals surface area contributed by atoms with Gasteiger partial charge in [-0.15, -0.1) is 0 Å². The molecule has 1 fully saturated rings. The van der Waals surface area contributed by atoms with Crippen LogP contribution in [0.25, 0.3) is 0 Å². The zero-order valence-corrected chi connectivity index (χ0v) is 9.85. The van der Waals surface area contributed by atoms with Crippen LogP contribution in [0.1, 0.15) is 16.9 Å². The first-order valence-corrected chi connectivity index (χ1v) is 5.66. The number of pyridine rings is 1. The van der Waals surface area contributed by atoms with Crippen LogP contribution in [0.2, 0.25) is 0 Å². The van der Waals surface area contributed by atoms with Crippen molar-refractivity contribution in [2.45, 2.75) is 6.42 Å². The molecule has 0 radical (unpaired) electrons. The number of aromatic nitrogens is 1. The van der Waals surface area contributed by atoms with Crippen LogP contribution in [0.3, 0.4) is 0 Å². The van der Waals surface area contributed by atoms with E-state index in [0.717, 1.165) is 0 Å². The first-order chi connectivity index (χ1) is 8.58. The molecule has 1 saturated heterocycles. The smallest absolute Gasteiger partial charge is 0.267 e. The van der Waals surface area contributed by atoms with E-state index >= 15 is 0 Å². The van der Waals surface area contributed by atoms with Crippen LogP contribution in [0.5, 0.6) is 0 Å². The molecule has 1 aliphatic rings. The van der Waals surface area contributed by atoms with E-state index in [0.29, 0.717) is 37.6 Å². The summed E-state index contributed by atoms with van der Waals surface area (Å²) in [5.41, 5.74) is 11.7. The molecule has 0 aliphatic carbocycles. The molecule has 0 saturated carbocycles. The number of nitrogens with two attached hydrogens (primary N) is 2. The maximum absolute atomic E-state index is 11.3. The van der Waals surface area contributed by atoms with Gasteiger partial charge in [0.25, 0.3) is 5.91 Å². The van der Waals surface area contributed by atoms with Gasteiger partial charge in [-0.3, -0.25) is 9.59 Å². The van der Waals surface area contributed by atoms with Crippen LogP contribution in [0, 0.1) is 0 Å². The average Bonchev–Trinajstić information content (AvgIpc) is 2.54. The summed E-state index contributed by atoms with van der Waals surface area (Å²) in [5.74, 6) is -0.0924. The van der Waals surface area contributed by atoms with Crippen molar-refractivity contribution in [3.05, 3.63) is 17.8 Å². The van der Waals surface area contributed by atoms with Crippen molar-refractivity contribution in [2.24, 2.45) is 5.73 Å². The number of nitrogen functional groups attached to an aromatic ring is 1. The second kappa shape index (κ2) is 4.91. The van der Waals surface area contributed by atoms with E-state index in [9.17, 15) is 9.59 Å². The molecule has 2 amide bonds. The largest absolute Gasteiger partial charge is 0.396 e. The summed E-state index contributed by atoms with van der Waals surface area (Å²) in [6.45, 7) is 1.65. The van der Waals surface area contributed by atoms with Gasteiger partial charge in [-0.2, -0.15) is 0 Å². The minimum Gasteiger partial charge on any atom is -0.396 e. The Balaban J connectivity index is 2.28. The van der Waals surface area contributed by atoms with Gasteiger partial charge in [0.15, 0.2) is 5.82 Å². The average molecular weight is 249 g/mol. The fourth-order valence-corrected chi connectivity index (χ4v) is 1.83. The lowest BCUT2D eigenvalue weighted by atomic mass is 10.3. The normalized spacial score (nSPS) is 16.0. The number of hydrogen-bond donors (Lipinski definition) is 3. The molecular formula is C11H15N5O2. The van der Waals surface area contributed by atoms with Gasteiger partial charge >= 0.3 is 0 Å². The summed E-state index contributed by atoms with van der Waals surface area (Å²) in [7, 11) is 0. The van der Waals surface area contributed by atoms with Crippen molar-refractivity contribution in [1.82, 2.24) is 10.3 Å². The summed E-state index contributed by atoms with van der Waals surface area (Å²) in [6.07, 6.45) is 0.377. The second-order valence-electron chi connectivity index (χ2n) is 4.06. The zero-order chi connectivity index (χ0) is 13.1. The molecule has 1 aliphatic heterocycles. The van der Waals surface area contributed by atoms with Crippen molar-refractivity contribution in [3.63, 3.8) is 0 Å². The van der Waals surface area contributed by atoms with Crippen LogP contribution in [0.4, 0.5) is 11.5 Å². The minimum atomic E-state index is -0.597. The van der Waals surface area contributed by atoms with Crippen LogP contribution in [-0.4, -0.2) is 36.4 Å². The van der Waals surface area contributed by atoms with Gasteiger partial charge in [-0.1, -0.05) is 0 Å². The number of carbonyl (C=O) groups excluding carboxylic acids is 2. The molecule has 7 nitrogen and oxygen atoms in total. The monoisotopic (exact) mass is 249 g/mol. The zero-order valence-electron chi connectivity index (χ0n) is 9.85. The number of amides is 2. The molecule has 0 unspecified atom stereocenters. The minimum absolute atomic E-state index is 0.00197. The first kappa shape index (κ1) is 12.2. The Bertz CT molecular complexity index is 488. The lowest BCUT2D eigenvalue weighted by Crippen LogP contribution is -2.30. The molecule has 2 heterocycles. The number of hydrogen-bond acceptors (Lipinski definition) is 5. The van der Waals surface area contributed by atoms with Crippen LogP contribution < -0.4 is 21.7 Å². The Kier molecular flexibility index (Phi) is 3.31. The summed E-state index contributed by atoms with van der Waals surface area (Å²) < 4.78 is 0. The highest BCUT2D eigenvalue weighted by Crippen LogP contribution is 2.21. The van der Waals surface area contributed by atoms with E-state index in [1.165, 1.54) is 6.07 Å². The molecular weight excluding hydrogens is 234 g/mol. The van der Waals surface area contributed by atoms with Crippen molar-refractivity contribution >= 4 is 23.3 Å². The maximum Gasteiger partial charge on any atom is 0.267 e. The lowest BCUT2D eigenvalue weighted by molar-refractivity contribution is -0.120. The molecule has 0 atom stereocenters. The SMILES string of the molecule is NC(=O)c1ccc(N)c(N2CCNC(=O)CC2)n1. The summed E-state index contributed by atoms with van der Waals surface area (Å²) in [6, 6.07) is 3.09. The third-order valence-corrected chi connectivity index (χ3v) is 2.77. The molecule has 18 heavy (non-hydrogen) atoms. The fourth-order valence-electron chi connectivity index (χ4n) is 1.83. The highest BCUT2D eigenvalue weighted by molar-refractivity contribution is 5.92. The molecule has 0 aromatic carbocycles. The molecule has 0 spiro atoms. The second-order valence-corrected chi connectivity index (χ2v) is 4.06. The lowest BCUT2D eigenvalue weighted by Gasteiger charge is -2.22. The summed E-state index contributed by atoms with van der Waals surface area (Å²) >= 11 is 0. The Morgan fingerprint density at radius 2 is 2.17 bits per heavy atom. The van der Waals surface area contributed by atoms with E-state index in [4.69, 9.17) is 11.5 Å². The van der Waals surface area contributed by atoms with Gasteiger partial charge in [-0.25, -0.2) is 4.98 Å². The van der Waals surface area contributed by atoms with Gasteiger partial charge in [0, 0.05) is 26.1 Å². The number of nitrogens with zero attached hydrogens (tertiary/aromatic N) is 2. The predicted molar refractivity (Wildman–Crippen MR) is 67.0 cm³/mol. The predicted octanol–water partition coefficient (Wildman–Crippen LogP) is -0.911. The standard InChI is InChI=1S/C11H15N5O2/c12-7-1-2-8(10(13)18)15-11(7)16-5-3-9(17)14-4-6-16/h1-2H,3-6,12H2,(H2,13,18)(H,14,17). The van der Waals surface area contributed by atoms with Crippen molar-refractivity contribution in [3.8, 4) is 0 Å². The number of primary amides is 1. The molecule has 1 aromatic heterocycles. The van der Waals surface area contributed by atoms with Gasteiger partial charge in [0.05, 0.1) is 5.69 Å². The van der Waals surface area contributed by atoms with Gasteiger partial charge in [-0.05, 0) is 12.1 Å². The highest BCUT2D eigenvalue weighted by atomic mass is 16.2. The molecule has 96 valence electrons. The van der Waals surface area contributed by atoms with Gasteiger partial charge < -0.3 is 21.7 Å². The topological polar surface area (TPSA) is 114 Å². The van der Waals surface area contributed by atoms with E-state index in [-0.39, 0.29) is 11.6 Å². The Morgan fingerprint density at radius 1 is 1.39 bits per heavy atom. The van der Waals surface area contributed by atoms with E-state index in [2.05, 4.69) is 10.3 Å². The van der Waals surface area contributed by atoms with Crippen molar-refractivity contribution in [1.29, 1.82) is 0 Å². The third-order valence-electron chi connectivity index (χ3n) is 2.77. The van der Waals surface area contributed by atoms with Crippen LogP contribution in [0.15, 0.2) is 12.1 Å². The number of carbonyl (C=O) groups is 2. The Hall–Kier alpha value is -2.31. The van der Waals surface area contributed by atoms with E-state index < -0.39 is 5.91 Å².